The van der Waals surface area contributed by atoms with E-state index >= 15 is 0 Å². The maximum absolute atomic E-state index is 13.0. The average Bonchev–Trinajstić information content (AvgIpc) is 2.83. The number of nitrogens with one attached hydrogen (secondary N) is 1. The topological polar surface area (TPSA) is 139 Å². The van der Waals surface area contributed by atoms with Crippen LogP contribution >= 0.6 is 0 Å². The Labute approximate surface area is 191 Å². The van der Waals surface area contributed by atoms with E-state index in [1.165, 1.54) is 28.4 Å². The van der Waals surface area contributed by atoms with Crippen molar-refractivity contribution in [1.29, 1.82) is 0 Å². The van der Waals surface area contributed by atoms with Crippen molar-refractivity contribution < 1.29 is 27.7 Å². The van der Waals surface area contributed by atoms with Crippen LogP contribution in [-0.4, -0.2) is 73.7 Å². The van der Waals surface area contributed by atoms with E-state index in [2.05, 4.69) is 5.32 Å². The summed E-state index contributed by atoms with van der Waals surface area (Å²) in [7, 11) is -2.74. The van der Waals surface area contributed by atoms with Crippen LogP contribution in [0.3, 0.4) is 0 Å². The minimum Gasteiger partial charge on any atom is -0.490 e. The molecule has 11 nitrogen and oxygen atoms in total. The van der Waals surface area contributed by atoms with E-state index in [0.29, 0.717) is 5.56 Å². The van der Waals surface area contributed by atoms with E-state index in [-0.39, 0.29) is 48.6 Å². The normalized spacial score (nSPS) is 15.5. The zero-order chi connectivity index (χ0) is 24.2. The molecule has 0 aliphatic carbocycles. The average molecular weight is 477 g/mol. The lowest BCUT2D eigenvalue weighted by Gasteiger charge is -2.35. The largest absolute Gasteiger partial charge is 0.490 e. The first-order valence-corrected chi connectivity index (χ1v) is 11.6. The Hall–Kier alpha value is -3.51. The molecule has 1 N–H and O–H groups in total. The summed E-state index contributed by atoms with van der Waals surface area (Å²) in [6.07, 6.45) is 0. The first-order chi connectivity index (χ1) is 15.6. The molecule has 176 valence electrons. The summed E-state index contributed by atoms with van der Waals surface area (Å²) in [4.78, 5) is 36.8. The number of ether oxygens (including phenoxy) is 1. The number of hydrogen-bond acceptors (Lipinski definition) is 7. The number of hydrogen-bond donors (Lipinski definition) is 1. The van der Waals surface area contributed by atoms with Crippen LogP contribution in [0.25, 0.3) is 0 Å². The van der Waals surface area contributed by atoms with Crippen LogP contribution in [0.15, 0.2) is 53.4 Å². The van der Waals surface area contributed by atoms with Gasteiger partial charge in [0.25, 0.3) is 5.91 Å². The zero-order valence-corrected chi connectivity index (χ0v) is 18.9. The molecule has 1 aliphatic heterocycles. The minimum atomic E-state index is -4.00. The van der Waals surface area contributed by atoms with E-state index in [4.69, 9.17) is 4.74 Å². The van der Waals surface area contributed by atoms with Gasteiger partial charge in [-0.05, 0) is 31.2 Å². The molecule has 1 saturated heterocycles. The van der Waals surface area contributed by atoms with Crippen LogP contribution in [0.2, 0.25) is 0 Å². The van der Waals surface area contributed by atoms with E-state index in [1.54, 1.807) is 37.3 Å². The molecule has 1 aliphatic rings. The fourth-order valence-electron chi connectivity index (χ4n) is 3.48. The zero-order valence-electron chi connectivity index (χ0n) is 18.1. The van der Waals surface area contributed by atoms with Crippen molar-refractivity contribution in [3.05, 3.63) is 64.2 Å². The molecule has 0 spiro atoms. The fraction of sp³-hybridized carbons (Fsp3) is 0.333. The van der Waals surface area contributed by atoms with Crippen molar-refractivity contribution in [2.75, 3.05) is 33.3 Å². The first kappa shape index (κ1) is 24.1. The third kappa shape index (κ3) is 5.29. The lowest BCUT2D eigenvalue weighted by molar-refractivity contribution is -0.386. The third-order valence-electron chi connectivity index (χ3n) is 5.29. The number of methoxy groups -OCH3 is 1. The maximum atomic E-state index is 13.0. The van der Waals surface area contributed by atoms with Gasteiger partial charge < -0.3 is 15.0 Å². The molecule has 12 heteroatoms. The number of amides is 2. The Morgan fingerprint density at radius 2 is 1.73 bits per heavy atom. The molecule has 1 fully saturated rings. The van der Waals surface area contributed by atoms with Crippen LogP contribution in [0.5, 0.6) is 5.75 Å². The van der Waals surface area contributed by atoms with Gasteiger partial charge in [0, 0.05) is 37.8 Å². The fourth-order valence-corrected chi connectivity index (χ4v) is 4.92. The number of piperazine rings is 1. The van der Waals surface area contributed by atoms with Crippen LogP contribution in [0, 0.1) is 10.1 Å². The van der Waals surface area contributed by atoms with Gasteiger partial charge in [-0.15, -0.1) is 0 Å². The number of benzene rings is 2. The molecule has 0 unspecified atom stereocenters. The van der Waals surface area contributed by atoms with Gasteiger partial charge in [0.2, 0.25) is 15.9 Å². The van der Waals surface area contributed by atoms with Gasteiger partial charge in [-0.25, -0.2) is 8.42 Å². The molecule has 2 aromatic carbocycles. The predicted octanol–water partition coefficient (Wildman–Crippen LogP) is 1.25. The monoisotopic (exact) mass is 476 g/mol. The molecule has 0 saturated carbocycles. The standard InChI is InChI=1S/C21H24N4O7S/c1-15(22-20(26)16-6-4-3-5-7-16)21(27)23-10-12-24(13-11-23)33(30,31)17-8-9-19(32-2)18(14-17)25(28)29/h3-9,14-15H,10-13H2,1-2H3,(H,22,26)/t15-/m0/s1. The maximum Gasteiger partial charge on any atom is 0.312 e. The Morgan fingerprint density at radius 3 is 2.30 bits per heavy atom. The number of rotatable bonds is 7. The molecule has 33 heavy (non-hydrogen) atoms. The highest BCUT2D eigenvalue weighted by atomic mass is 32.2. The summed E-state index contributed by atoms with van der Waals surface area (Å²) in [5, 5.41) is 13.9. The van der Waals surface area contributed by atoms with Crippen LogP contribution in [-0.2, 0) is 14.8 Å². The number of carbonyl (C=O) groups is 2. The van der Waals surface area contributed by atoms with Crippen molar-refractivity contribution >= 4 is 27.5 Å². The van der Waals surface area contributed by atoms with Gasteiger partial charge in [0.15, 0.2) is 5.75 Å². The summed E-state index contributed by atoms with van der Waals surface area (Å²) >= 11 is 0. The van der Waals surface area contributed by atoms with Gasteiger partial charge in [-0.2, -0.15) is 4.31 Å². The molecule has 0 aromatic heterocycles. The second-order valence-electron chi connectivity index (χ2n) is 7.38. The Kier molecular flexibility index (Phi) is 7.29. The summed E-state index contributed by atoms with van der Waals surface area (Å²) in [5.74, 6) is -0.740. The molecule has 1 heterocycles. The summed E-state index contributed by atoms with van der Waals surface area (Å²) in [6, 6.07) is 11.2. The molecule has 0 radical (unpaired) electrons. The Morgan fingerprint density at radius 1 is 1.09 bits per heavy atom. The molecule has 3 rings (SSSR count). The van der Waals surface area contributed by atoms with Crippen molar-refractivity contribution in [2.24, 2.45) is 0 Å². The summed E-state index contributed by atoms with van der Waals surface area (Å²) < 4.78 is 32.0. The first-order valence-electron chi connectivity index (χ1n) is 10.1. The van der Waals surface area contributed by atoms with E-state index in [1.807, 2.05) is 0 Å². The molecular weight excluding hydrogens is 452 g/mol. The number of carbonyl (C=O) groups excluding carboxylic acids is 2. The van der Waals surface area contributed by atoms with Gasteiger partial charge in [0.05, 0.1) is 16.9 Å². The molecule has 0 bridgehead atoms. The number of nitro groups is 1. The van der Waals surface area contributed by atoms with Crippen LogP contribution in [0.1, 0.15) is 17.3 Å². The number of sulfonamides is 1. The number of nitrogens with zero attached hydrogens (tertiary/aromatic N) is 3. The summed E-state index contributed by atoms with van der Waals surface area (Å²) in [6.45, 7) is 1.87. The van der Waals surface area contributed by atoms with Crippen molar-refractivity contribution in [1.82, 2.24) is 14.5 Å². The van der Waals surface area contributed by atoms with E-state index in [9.17, 15) is 28.1 Å². The van der Waals surface area contributed by atoms with Gasteiger partial charge >= 0.3 is 5.69 Å². The predicted molar refractivity (Wildman–Crippen MR) is 118 cm³/mol. The summed E-state index contributed by atoms with van der Waals surface area (Å²) in [5.41, 5.74) is -0.0166. The molecule has 1 atom stereocenters. The van der Waals surface area contributed by atoms with Crippen molar-refractivity contribution in [3.63, 3.8) is 0 Å². The third-order valence-corrected chi connectivity index (χ3v) is 7.18. The van der Waals surface area contributed by atoms with Crippen molar-refractivity contribution in [2.45, 2.75) is 17.9 Å². The van der Waals surface area contributed by atoms with E-state index in [0.717, 1.165) is 6.07 Å². The SMILES string of the molecule is COc1ccc(S(=O)(=O)N2CCN(C(=O)[C@H](C)NC(=O)c3ccccc3)CC2)cc1[N+](=O)[O-]. The quantitative estimate of drug-likeness (QED) is 0.469. The second kappa shape index (κ2) is 9.96. The van der Waals surface area contributed by atoms with Crippen LogP contribution < -0.4 is 10.1 Å². The number of nitro benzene ring substituents is 1. The van der Waals surface area contributed by atoms with E-state index < -0.39 is 26.7 Å². The van der Waals surface area contributed by atoms with Gasteiger partial charge in [-0.3, -0.25) is 19.7 Å². The molecular formula is C21H24N4O7S. The van der Waals surface area contributed by atoms with Crippen molar-refractivity contribution in [3.8, 4) is 5.75 Å². The Bertz CT molecular complexity index is 1150. The second-order valence-corrected chi connectivity index (χ2v) is 9.32. The highest BCUT2D eigenvalue weighted by Crippen LogP contribution is 2.30. The Balaban J connectivity index is 1.64. The van der Waals surface area contributed by atoms with Gasteiger partial charge in [-0.1, -0.05) is 18.2 Å². The molecule has 2 aromatic rings. The highest BCUT2D eigenvalue weighted by molar-refractivity contribution is 7.89. The van der Waals surface area contributed by atoms with Crippen LogP contribution in [0.4, 0.5) is 5.69 Å². The smallest absolute Gasteiger partial charge is 0.312 e. The van der Waals surface area contributed by atoms with Gasteiger partial charge in [0.1, 0.15) is 6.04 Å². The lowest BCUT2D eigenvalue weighted by atomic mass is 10.2. The lowest BCUT2D eigenvalue weighted by Crippen LogP contribution is -2.55. The molecule has 2 amide bonds. The minimum absolute atomic E-state index is 0.0211. The highest BCUT2D eigenvalue weighted by Gasteiger charge is 2.33.